The van der Waals surface area contributed by atoms with Crippen LogP contribution < -0.4 is 19.1 Å². The molecule has 0 amide bonds. The summed E-state index contributed by atoms with van der Waals surface area (Å²) in [5.74, 6) is -0.372. The van der Waals surface area contributed by atoms with Gasteiger partial charge in [-0.1, -0.05) is 6.07 Å². The van der Waals surface area contributed by atoms with Crippen LogP contribution in [0.1, 0.15) is 22.6 Å². The summed E-state index contributed by atoms with van der Waals surface area (Å²) in [5, 5.41) is 0.746. The Bertz CT molecular complexity index is 1610. The Balaban J connectivity index is 1.08. The maximum Gasteiger partial charge on any atom is 0.282 e. The van der Waals surface area contributed by atoms with Gasteiger partial charge >= 0.3 is 0 Å². The lowest BCUT2D eigenvalue weighted by Crippen LogP contribution is -2.56. The van der Waals surface area contributed by atoms with Crippen molar-refractivity contribution in [2.45, 2.75) is 18.8 Å². The number of aromatic nitrogens is 3. The molecule has 0 saturated carbocycles. The molecule has 0 atom stereocenters. The third kappa shape index (κ3) is 7.03. The molecule has 230 valence electrons. The zero-order valence-electron chi connectivity index (χ0n) is 24.4. The zero-order valence-corrected chi connectivity index (χ0v) is 24.4. The van der Waals surface area contributed by atoms with E-state index >= 15 is 0 Å². The highest BCUT2D eigenvalue weighted by Crippen LogP contribution is 2.37. The van der Waals surface area contributed by atoms with Gasteiger partial charge in [0.1, 0.15) is 23.0 Å². The first-order valence-electron chi connectivity index (χ1n) is 14.5. The molecule has 1 aromatic carbocycles. The number of fused-ring (bicyclic) bond motifs is 1. The highest BCUT2D eigenvalue weighted by atomic mass is 19.3. The molecule has 2 aliphatic heterocycles. The third-order valence-electron chi connectivity index (χ3n) is 7.52. The van der Waals surface area contributed by atoms with E-state index in [1.807, 2.05) is 12.1 Å². The number of ketones is 1. The molecule has 4 aromatic rings. The van der Waals surface area contributed by atoms with E-state index in [4.69, 9.17) is 18.9 Å². The minimum Gasteiger partial charge on any atom is -0.493 e. The summed E-state index contributed by atoms with van der Waals surface area (Å²) in [5.41, 5.74) is 1.43. The number of rotatable bonds is 12. The van der Waals surface area contributed by atoms with Crippen LogP contribution in [0.2, 0.25) is 0 Å². The summed E-state index contributed by atoms with van der Waals surface area (Å²) in [7, 11) is 1.60. The van der Waals surface area contributed by atoms with Gasteiger partial charge in [-0.15, -0.1) is 0 Å². The Hall–Kier alpha value is -4.42. The standard InChI is InChI=1S/C32H33F2N5O5/c1-41-29-17-24-26(18-30(29)43-13-3-10-38-11-14-42-15-12-38)35-9-8-28(24)44-23-7-6-22(36-19-23)16-27(40)25-4-2-5-31(37-25)39-20-32(33,34)21-39/h2,4-9,17-19H,3,10-16,20-21H2,1H3. The first kappa shape index (κ1) is 29.6. The van der Waals surface area contributed by atoms with Gasteiger partial charge in [0.2, 0.25) is 0 Å². The maximum absolute atomic E-state index is 13.2. The van der Waals surface area contributed by atoms with E-state index in [9.17, 15) is 13.6 Å². The van der Waals surface area contributed by atoms with Gasteiger partial charge in [-0.2, -0.15) is 0 Å². The van der Waals surface area contributed by atoms with Gasteiger partial charge in [0.05, 0.1) is 58.2 Å². The fraction of sp³-hybridized carbons (Fsp3) is 0.375. The molecule has 44 heavy (non-hydrogen) atoms. The Kier molecular flexibility index (Phi) is 8.80. The average Bonchev–Trinajstić information content (AvgIpc) is 3.03. The molecule has 2 aliphatic rings. The Labute approximate surface area is 253 Å². The number of hydrogen-bond acceptors (Lipinski definition) is 10. The molecular weight excluding hydrogens is 572 g/mol. The molecule has 2 saturated heterocycles. The lowest BCUT2D eigenvalue weighted by Gasteiger charge is -2.39. The molecule has 5 heterocycles. The zero-order chi connectivity index (χ0) is 30.5. The van der Waals surface area contributed by atoms with Crippen molar-refractivity contribution >= 4 is 22.5 Å². The van der Waals surface area contributed by atoms with Crippen LogP contribution in [0.4, 0.5) is 14.6 Å². The first-order chi connectivity index (χ1) is 21.4. The second kappa shape index (κ2) is 13.1. The smallest absolute Gasteiger partial charge is 0.282 e. The molecule has 3 aromatic heterocycles. The molecule has 0 unspecified atom stereocenters. The van der Waals surface area contributed by atoms with E-state index in [0.29, 0.717) is 46.6 Å². The molecule has 12 heteroatoms. The van der Waals surface area contributed by atoms with E-state index in [1.54, 1.807) is 55.9 Å². The quantitative estimate of drug-likeness (QED) is 0.165. The number of hydrogen-bond donors (Lipinski definition) is 0. The third-order valence-corrected chi connectivity index (χ3v) is 7.52. The predicted molar refractivity (Wildman–Crippen MR) is 159 cm³/mol. The molecule has 0 N–H and O–H groups in total. The molecular formula is C32H33F2N5O5. The summed E-state index contributed by atoms with van der Waals surface area (Å²) in [6.45, 7) is 4.14. The number of methoxy groups -OCH3 is 1. The van der Waals surface area contributed by atoms with E-state index in [2.05, 4.69) is 19.9 Å². The van der Waals surface area contributed by atoms with Crippen LogP contribution in [0.25, 0.3) is 10.9 Å². The van der Waals surface area contributed by atoms with Crippen LogP contribution in [0.15, 0.2) is 60.9 Å². The number of anilines is 1. The van der Waals surface area contributed by atoms with E-state index in [1.165, 1.54) is 4.90 Å². The molecule has 6 rings (SSSR count). The summed E-state index contributed by atoms with van der Waals surface area (Å²) in [4.78, 5) is 29.8. The maximum atomic E-state index is 13.2. The minimum atomic E-state index is -2.72. The number of halogens is 2. The fourth-order valence-electron chi connectivity index (χ4n) is 5.17. The van der Waals surface area contributed by atoms with Gasteiger partial charge in [0.25, 0.3) is 5.92 Å². The number of pyridine rings is 3. The Morgan fingerprint density at radius 1 is 1.02 bits per heavy atom. The van der Waals surface area contributed by atoms with Crippen molar-refractivity contribution in [1.29, 1.82) is 0 Å². The molecule has 0 spiro atoms. The van der Waals surface area contributed by atoms with Crippen LogP contribution >= 0.6 is 0 Å². The summed E-state index contributed by atoms with van der Waals surface area (Å²) in [6.07, 6.45) is 4.10. The van der Waals surface area contributed by atoms with Crippen LogP contribution in [-0.4, -0.2) is 91.2 Å². The fourth-order valence-corrected chi connectivity index (χ4v) is 5.17. The molecule has 10 nitrogen and oxygen atoms in total. The van der Waals surface area contributed by atoms with Crippen molar-refractivity contribution in [3.05, 3.63) is 72.3 Å². The predicted octanol–water partition coefficient (Wildman–Crippen LogP) is 4.81. The lowest BCUT2D eigenvalue weighted by molar-refractivity contribution is -0.0267. The normalized spacial score (nSPS) is 16.4. The summed E-state index contributed by atoms with van der Waals surface area (Å²) >= 11 is 0. The van der Waals surface area contributed by atoms with Crippen LogP contribution in [-0.2, 0) is 11.2 Å². The number of benzene rings is 1. The van der Waals surface area contributed by atoms with Gasteiger partial charge < -0.3 is 23.8 Å². The van der Waals surface area contributed by atoms with Crippen molar-refractivity contribution in [3.8, 4) is 23.0 Å². The highest BCUT2D eigenvalue weighted by molar-refractivity contribution is 5.96. The number of ether oxygens (including phenoxy) is 4. The lowest BCUT2D eigenvalue weighted by atomic mass is 10.1. The topological polar surface area (TPSA) is 99.1 Å². The number of alkyl halides is 2. The van der Waals surface area contributed by atoms with Gasteiger partial charge in [0, 0.05) is 43.0 Å². The van der Waals surface area contributed by atoms with E-state index < -0.39 is 19.0 Å². The highest BCUT2D eigenvalue weighted by Gasteiger charge is 2.44. The second-order valence-electron chi connectivity index (χ2n) is 10.8. The van der Waals surface area contributed by atoms with Crippen molar-refractivity contribution in [2.75, 3.05) is 64.6 Å². The van der Waals surface area contributed by atoms with Crippen LogP contribution in [0.3, 0.4) is 0 Å². The largest absolute Gasteiger partial charge is 0.493 e. The van der Waals surface area contributed by atoms with Crippen molar-refractivity contribution in [1.82, 2.24) is 19.9 Å². The summed E-state index contributed by atoms with van der Waals surface area (Å²) < 4.78 is 49.7. The molecule has 0 radical (unpaired) electrons. The Morgan fingerprint density at radius 2 is 1.86 bits per heavy atom. The van der Waals surface area contributed by atoms with Crippen LogP contribution in [0, 0.1) is 0 Å². The number of Topliss-reactive ketones (excluding diaryl/α,β-unsaturated/α-hetero) is 1. The SMILES string of the molecule is COc1cc2c(Oc3ccc(CC(=O)c4cccc(N5CC(F)(F)C5)n4)nc3)ccnc2cc1OCCCN1CCOCC1. The van der Waals surface area contributed by atoms with Crippen molar-refractivity contribution < 1.29 is 32.5 Å². The number of carbonyl (C=O) groups is 1. The van der Waals surface area contributed by atoms with Gasteiger partial charge in [-0.05, 0) is 42.8 Å². The second-order valence-corrected chi connectivity index (χ2v) is 10.8. The van der Waals surface area contributed by atoms with Gasteiger partial charge in [0.15, 0.2) is 17.3 Å². The number of carbonyl (C=O) groups excluding carboxylic acids is 1. The average molecular weight is 606 g/mol. The number of morpholine rings is 1. The van der Waals surface area contributed by atoms with Crippen molar-refractivity contribution in [3.63, 3.8) is 0 Å². The van der Waals surface area contributed by atoms with Crippen LogP contribution in [0.5, 0.6) is 23.0 Å². The number of nitrogens with zero attached hydrogens (tertiary/aromatic N) is 5. The van der Waals surface area contributed by atoms with Crippen molar-refractivity contribution in [2.24, 2.45) is 0 Å². The Morgan fingerprint density at radius 3 is 2.61 bits per heavy atom. The minimum absolute atomic E-state index is 0.0114. The first-order valence-corrected chi connectivity index (χ1v) is 14.5. The van der Waals surface area contributed by atoms with Gasteiger partial charge in [-0.3, -0.25) is 19.7 Å². The summed E-state index contributed by atoms with van der Waals surface area (Å²) in [6, 6.07) is 13.7. The molecule has 2 fully saturated rings. The molecule has 0 bridgehead atoms. The van der Waals surface area contributed by atoms with E-state index in [-0.39, 0.29) is 17.9 Å². The molecule has 0 aliphatic carbocycles. The van der Waals surface area contributed by atoms with Gasteiger partial charge in [-0.25, -0.2) is 13.8 Å². The monoisotopic (exact) mass is 605 g/mol. The van der Waals surface area contributed by atoms with E-state index in [0.717, 1.165) is 44.7 Å².